The highest BCUT2D eigenvalue weighted by molar-refractivity contribution is 5.90. The maximum Gasteiger partial charge on any atom is 0.416 e. The van der Waals surface area contributed by atoms with Crippen LogP contribution in [0.15, 0.2) is 59.4 Å². The van der Waals surface area contributed by atoms with E-state index in [1.165, 1.54) is 30.3 Å². The molecule has 0 spiro atoms. The molecule has 1 amide bonds. The van der Waals surface area contributed by atoms with Crippen LogP contribution in [0.3, 0.4) is 0 Å². The van der Waals surface area contributed by atoms with E-state index in [-0.39, 0.29) is 23.0 Å². The van der Waals surface area contributed by atoms with Gasteiger partial charge in [-0.3, -0.25) is 19.7 Å². The van der Waals surface area contributed by atoms with Crippen LogP contribution in [0.4, 0.5) is 37.7 Å². The average molecular weight is 486 g/mol. The zero-order valence-corrected chi connectivity index (χ0v) is 16.6. The van der Waals surface area contributed by atoms with Crippen molar-refractivity contribution in [2.45, 2.75) is 18.9 Å². The molecule has 1 N–H and O–H groups in total. The minimum atomic E-state index is -5.11. The number of nitro benzene ring substituents is 1. The Hall–Kier alpha value is -4.23. The number of aromatic nitrogens is 2. The van der Waals surface area contributed by atoms with Crippen LogP contribution in [0.5, 0.6) is 0 Å². The van der Waals surface area contributed by atoms with Gasteiger partial charge in [0.1, 0.15) is 6.54 Å². The predicted molar refractivity (Wildman–Crippen MR) is 106 cm³/mol. The number of nitro groups is 1. The van der Waals surface area contributed by atoms with Gasteiger partial charge in [-0.15, -0.1) is 0 Å². The normalized spacial score (nSPS) is 11.8. The van der Waals surface area contributed by atoms with Crippen molar-refractivity contribution in [1.29, 1.82) is 0 Å². The van der Waals surface area contributed by atoms with Gasteiger partial charge in [-0.1, -0.05) is 12.1 Å². The van der Waals surface area contributed by atoms with Crippen molar-refractivity contribution in [3.8, 4) is 11.3 Å². The monoisotopic (exact) mass is 486 g/mol. The molecule has 0 saturated carbocycles. The summed E-state index contributed by atoms with van der Waals surface area (Å²) in [4.78, 5) is 34.6. The summed E-state index contributed by atoms with van der Waals surface area (Å²) in [6.45, 7) is -0.848. The first-order chi connectivity index (χ1) is 15.7. The van der Waals surface area contributed by atoms with Gasteiger partial charge in [0.25, 0.3) is 11.2 Å². The SMILES string of the molecule is O=C(Cn1nc(-c2cccc([N+](=O)[O-])c2)ccc1=O)Nc1cc(C(F)(F)F)cc(C(F)(F)F)c1. The largest absolute Gasteiger partial charge is 0.416 e. The second kappa shape index (κ2) is 8.96. The number of benzene rings is 2. The lowest BCUT2D eigenvalue weighted by Crippen LogP contribution is -2.29. The van der Waals surface area contributed by atoms with E-state index in [9.17, 15) is 46.0 Å². The Morgan fingerprint density at radius 2 is 1.59 bits per heavy atom. The number of rotatable bonds is 5. The third-order valence-electron chi connectivity index (χ3n) is 4.38. The molecule has 34 heavy (non-hydrogen) atoms. The number of carbonyl (C=O) groups is 1. The van der Waals surface area contributed by atoms with Crippen molar-refractivity contribution >= 4 is 17.3 Å². The van der Waals surface area contributed by atoms with Gasteiger partial charge in [-0.05, 0) is 24.3 Å². The minimum absolute atomic E-state index is 0.0644. The van der Waals surface area contributed by atoms with E-state index in [0.717, 1.165) is 6.07 Å². The third-order valence-corrected chi connectivity index (χ3v) is 4.38. The molecule has 0 aliphatic carbocycles. The van der Waals surface area contributed by atoms with Gasteiger partial charge in [0.2, 0.25) is 5.91 Å². The van der Waals surface area contributed by atoms with Gasteiger partial charge in [0.15, 0.2) is 0 Å². The fourth-order valence-corrected chi connectivity index (χ4v) is 2.86. The zero-order chi connectivity index (χ0) is 25.3. The molecule has 1 aromatic heterocycles. The summed E-state index contributed by atoms with van der Waals surface area (Å²) >= 11 is 0. The highest BCUT2D eigenvalue weighted by Gasteiger charge is 2.37. The fraction of sp³-hybridized carbons (Fsp3) is 0.150. The molecule has 1 heterocycles. The topological polar surface area (TPSA) is 107 Å². The number of nitrogens with zero attached hydrogens (tertiary/aromatic N) is 3. The Kier molecular flexibility index (Phi) is 6.43. The number of alkyl halides is 6. The van der Waals surface area contributed by atoms with Crippen molar-refractivity contribution in [2.24, 2.45) is 0 Å². The van der Waals surface area contributed by atoms with Gasteiger partial charge in [-0.25, -0.2) is 4.68 Å². The maximum absolute atomic E-state index is 13.0. The minimum Gasteiger partial charge on any atom is -0.324 e. The Bertz CT molecular complexity index is 1290. The van der Waals surface area contributed by atoms with Crippen molar-refractivity contribution in [2.75, 3.05) is 5.32 Å². The summed E-state index contributed by atoms with van der Waals surface area (Å²) in [7, 11) is 0. The molecule has 0 unspecified atom stereocenters. The molecule has 3 rings (SSSR count). The lowest BCUT2D eigenvalue weighted by molar-refractivity contribution is -0.384. The van der Waals surface area contributed by atoms with Gasteiger partial charge >= 0.3 is 12.4 Å². The van der Waals surface area contributed by atoms with Crippen LogP contribution in [0.2, 0.25) is 0 Å². The van der Waals surface area contributed by atoms with E-state index in [1.807, 2.05) is 5.32 Å². The van der Waals surface area contributed by atoms with Crippen molar-refractivity contribution in [3.63, 3.8) is 0 Å². The molecule has 0 aliphatic heterocycles. The van der Waals surface area contributed by atoms with Gasteiger partial charge in [0, 0.05) is 29.4 Å². The molecule has 0 saturated heterocycles. The summed E-state index contributed by atoms with van der Waals surface area (Å²) in [5.41, 5.74) is -4.80. The maximum atomic E-state index is 13.0. The first-order valence-corrected chi connectivity index (χ1v) is 9.16. The molecule has 0 fully saturated rings. The molecule has 178 valence electrons. The Morgan fingerprint density at radius 1 is 0.971 bits per heavy atom. The predicted octanol–water partition coefficient (Wildman–Crippen LogP) is 4.49. The van der Waals surface area contributed by atoms with Crippen LogP contribution in [-0.2, 0) is 23.7 Å². The van der Waals surface area contributed by atoms with Gasteiger partial charge in [-0.2, -0.15) is 31.4 Å². The number of carbonyl (C=O) groups excluding carboxylic acids is 1. The number of anilines is 1. The third kappa shape index (κ3) is 5.76. The van der Waals surface area contributed by atoms with E-state index >= 15 is 0 Å². The molecule has 14 heteroatoms. The van der Waals surface area contributed by atoms with E-state index in [0.29, 0.717) is 16.8 Å². The molecule has 0 aliphatic rings. The molecule has 0 bridgehead atoms. The first kappa shape index (κ1) is 24.4. The van der Waals surface area contributed by atoms with Crippen LogP contribution in [0, 0.1) is 10.1 Å². The number of nitrogens with one attached hydrogen (secondary N) is 1. The van der Waals surface area contributed by atoms with Crippen molar-refractivity contribution < 1.29 is 36.1 Å². The highest BCUT2D eigenvalue weighted by atomic mass is 19.4. The second-order valence-electron chi connectivity index (χ2n) is 6.86. The summed E-state index contributed by atoms with van der Waals surface area (Å²) in [5.74, 6) is -1.13. The van der Waals surface area contributed by atoms with Crippen LogP contribution in [-0.4, -0.2) is 20.6 Å². The van der Waals surface area contributed by atoms with Crippen molar-refractivity contribution in [1.82, 2.24) is 9.78 Å². The standard InChI is InChI=1S/C20H12F6N4O4/c21-19(22,23)12-7-13(20(24,25)26)9-14(8-12)27-17(31)10-29-18(32)5-4-16(28-29)11-2-1-3-15(6-11)30(33)34/h1-9H,10H2,(H,27,31). The lowest BCUT2D eigenvalue weighted by atomic mass is 10.1. The summed E-state index contributed by atoms with van der Waals surface area (Å²) in [6, 6.07) is 7.99. The number of hydrogen-bond acceptors (Lipinski definition) is 5. The Balaban J connectivity index is 1.88. The molecule has 0 atom stereocenters. The van der Waals surface area contributed by atoms with Crippen LogP contribution in [0.1, 0.15) is 11.1 Å². The smallest absolute Gasteiger partial charge is 0.324 e. The molecular formula is C20H12F6N4O4. The van der Waals surface area contributed by atoms with E-state index in [2.05, 4.69) is 5.10 Å². The highest BCUT2D eigenvalue weighted by Crippen LogP contribution is 2.37. The van der Waals surface area contributed by atoms with Crippen molar-refractivity contribution in [3.05, 3.63) is 86.2 Å². The summed E-state index contributed by atoms with van der Waals surface area (Å²) in [6.07, 6.45) is -10.2. The zero-order valence-electron chi connectivity index (χ0n) is 16.6. The lowest BCUT2D eigenvalue weighted by Gasteiger charge is -2.15. The first-order valence-electron chi connectivity index (χ1n) is 9.16. The van der Waals surface area contributed by atoms with Crippen LogP contribution in [0.25, 0.3) is 11.3 Å². The van der Waals surface area contributed by atoms with E-state index in [1.54, 1.807) is 0 Å². The molecular weight excluding hydrogens is 474 g/mol. The van der Waals surface area contributed by atoms with E-state index < -0.39 is 52.1 Å². The van der Waals surface area contributed by atoms with Crippen LogP contribution >= 0.6 is 0 Å². The molecule has 3 aromatic rings. The van der Waals surface area contributed by atoms with Gasteiger partial charge < -0.3 is 5.32 Å². The Labute approximate surface area is 185 Å². The van der Waals surface area contributed by atoms with Gasteiger partial charge in [0.05, 0.1) is 21.7 Å². The summed E-state index contributed by atoms with van der Waals surface area (Å²) in [5, 5.41) is 16.7. The fourth-order valence-electron chi connectivity index (χ4n) is 2.86. The molecule has 8 nitrogen and oxygen atoms in total. The number of hydrogen-bond donors (Lipinski definition) is 1. The molecule has 0 radical (unpaired) electrons. The number of halogens is 6. The number of non-ortho nitro benzene ring substituents is 1. The average Bonchev–Trinajstić information content (AvgIpc) is 2.74. The van der Waals surface area contributed by atoms with Crippen LogP contribution < -0.4 is 10.9 Å². The molecule has 2 aromatic carbocycles. The number of amides is 1. The summed E-state index contributed by atoms with van der Waals surface area (Å²) < 4.78 is 78.5. The Morgan fingerprint density at radius 3 is 2.15 bits per heavy atom. The quantitative estimate of drug-likeness (QED) is 0.325. The second-order valence-corrected chi connectivity index (χ2v) is 6.86. The van der Waals surface area contributed by atoms with E-state index in [4.69, 9.17) is 0 Å².